The van der Waals surface area contributed by atoms with Crippen LogP contribution < -0.4 is 0 Å². The molecule has 0 N–H and O–H groups in total. The summed E-state index contributed by atoms with van der Waals surface area (Å²) in [6, 6.07) is 7.77. The Morgan fingerprint density at radius 2 is 1.50 bits per heavy atom. The molecule has 1 saturated carbocycles. The lowest BCUT2D eigenvalue weighted by atomic mass is 9.86. The van der Waals surface area contributed by atoms with E-state index in [1.54, 1.807) is 9.21 Å². The Labute approximate surface area is 157 Å². The van der Waals surface area contributed by atoms with Crippen LogP contribution in [0.1, 0.15) is 62.4 Å². The molecule has 0 bridgehead atoms. The third-order valence-corrected chi connectivity index (χ3v) is 8.01. The molecule has 1 heterocycles. The van der Waals surface area contributed by atoms with Crippen molar-refractivity contribution in [3.8, 4) is 0 Å². The molecule has 0 spiro atoms. The highest BCUT2D eigenvalue weighted by molar-refractivity contribution is 7.89. The van der Waals surface area contributed by atoms with Gasteiger partial charge in [-0.15, -0.1) is 0 Å². The van der Waals surface area contributed by atoms with Crippen molar-refractivity contribution in [2.24, 2.45) is 0 Å². The Hall–Kier alpha value is -1.40. The molecular weight excluding hydrogens is 348 g/mol. The number of hydrogen-bond donors (Lipinski definition) is 0. The fraction of sp³-hybridized carbons (Fsp3) is 0.650. The van der Waals surface area contributed by atoms with Gasteiger partial charge in [0.05, 0.1) is 5.25 Å². The number of carbonyl (C=O) groups excluding carboxylic acids is 1. The van der Waals surface area contributed by atoms with E-state index in [0.29, 0.717) is 31.7 Å². The molecule has 0 unspecified atom stereocenters. The summed E-state index contributed by atoms with van der Waals surface area (Å²) in [6.07, 6.45) is 3.57. The molecule has 6 heteroatoms. The van der Waals surface area contributed by atoms with Gasteiger partial charge in [-0.1, -0.05) is 45.7 Å². The van der Waals surface area contributed by atoms with E-state index in [2.05, 4.69) is 20.8 Å². The average Bonchev–Trinajstić information content (AvgIpc) is 3.16. The van der Waals surface area contributed by atoms with Crippen LogP contribution in [0, 0.1) is 0 Å². The van der Waals surface area contributed by atoms with Gasteiger partial charge < -0.3 is 4.90 Å². The molecule has 0 radical (unpaired) electrons. The lowest BCUT2D eigenvalue weighted by molar-refractivity contribution is 0.0697. The summed E-state index contributed by atoms with van der Waals surface area (Å²) in [5, 5.41) is -0.213. The van der Waals surface area contributed by atoms with Gasteiger partial charge in [0.25, 0.3) is 5.91 Å². The second kappa shape index (κ2) is 7.31. The molecule has 144 valence electrons. The smallest absolute Gasteiger partial charge is 0.253 e. The van der Waals surface area contributed by atoms with Crippen molar-refractivity contribution in [2.75, 3.05) is 26.2 Å². The fourth-order valence-corrected chi connectivity index (χ4v) is 5.86. The number of rotatable bonds is 3. The predicted octanol–water partition coefficient (Wildman–Crippen LogP) is 3.01. The number of piperazine rings is 1. The van der Waals surface area contributed by atoms with Crippen LogP contribution in [-0.2, 0) is 15.4 Å². The number of amides is 1. The van der Waals surface area contributed by atoms with Crippen molar-refractivity contribution in [3.63, 3.8) is 0 Å². The summed E-state index contributed by atoms with van der Waals surface area (Å²) < 4.78 is 27.0. The molecule has 1 saturated heterocycles. The third-order valence-electron chi connectivity index (χ3n) is 5.61. The van der Waals surface area contributed by atoms with Crippen LogP contribution in [0.25, 0.3) is 0 Å². The molecule has 1 aliphatic carbocycles. The molecule has 1 aliphatic heterocycles. The van der Waals surface area contributed by atoms with Crippen LogP contribution >= 0.6 is 0 Å². The minimum absolute atomic E-state index is 0.0108. The zero-order valence-corrected chi connectivity index (χ0v) is 16.9. The summed E-state index contributed by atoms with van der Waals surface area (Å²) in [5.41, 5.74) is 1.92. The molecule has 2 fully saturated rings. The first-order valence-corrected chi connectivity index (χ1v) is 11.1. The van der Waals surface area contributed by atoms with E-state index in [4.69, 9.17) is 0 Å². The number of hydrogen-bond acceptors (Lipinski definition) is 3. The Balaban J connectivity index is 1.61. The van der Waals surface area contributed by atoms with E-state index in [9.17, 15) is 13.2 Å². The van der Waals surface area contributed by atoms with Crippen molar-refractivity contribution in [1.29, 1.82) is 0 Å². The second-order valence-corrected chi connectivity index (χ2v) is 10.7. The zero-order valence-electron chi connectivity index (χ0n) is 16.1. The van der Waals surface area contributed by atoms with Gasteiger partial charge in [0.15, 0.2) is 0 Å². The number of carbonyl (C=O) groups is 1. The predicted molar refractivity (Wildman–Crippen MR) is 104 cm³/mol. The van der Waals surface area contributed by atoms with Crippen LogP contribution in [0.15, 0.2) is 24.3 Å². The molecule has 0 atom stereocenters. The molecule has 1 amide bonds. The molecule has 0 aromatic heterocycles. The van der Waals surface area contributed by atoms with E-state index in [-0.39, 0.29) is 16.6 Å². The molecule has 26 heavy (non-hydrogen) atoms. The lowest BCUT2D eigenvalue weighted by Crippen LogP contribution is -2.52. The highest BCUT2D eigenvalue weighted by Crippen LogP contribution is 2.28. The highest BCUT2D eigenvalue weighted by atomic mass is 32.2. The third kappa shape index (κ3) is 3.96. The maximum Gasteiger partial charge on any atom is 0.253 e. The number of benzene rings is 1. The molecule has 2 aliphatic rings. The minimum Gasteiger partial charge on any atom is -0.336 e. The van der Waals surface area contributed by atoms with Crippen molar-refractivity contribution < 1.29 is 13.2 Å². The van der Waals surface area contributed by atoms with E-state index in [0.717, 1.165) is 25.7 Å². The standard InChI is InChI=1S/C20H30N2O3S/c1-20(2,3)17-10-8-16(9-11-17)19(23)21-12-14-22(15-13-21)26(24,25)18-6-4-5-7-18/h8-11,18H,4-7,12-15H2,1-3H3. The van der Waals surface area contributed by atoms with Crippen molar-refractivity contribution in [3.05, 3.63) is 35.4 Å². The van der Waals surface area contributed by atoms with Gasteiger partial charge in [-0.25, -0.2) is 8.42 Å². The van der Waals surface area contributed by atoms with E-state index in [1.807, 2.05) is 24.3 Å². The monoisotopic (exact) mass is 378 g/mol. The first-order valence-electron chi connectivity index (χ1n) is 9.58. The topological polar surface area (TPSA) is 57.7 Å². The van der Waals surface area contributed by atoms with Gasteiger partial charge in [-0.2, -0.15) is 4.31 Å². The van der Waals surface area contributed by atoms with Crippen LogP contribution in [0.4, 0.5) is 0 Å². The first kappa shape index (κ1) is 19.4. The van der Waals surface area contributed by atoms with Gasteiger partial charge in [0.1, 0.15) is 0 Å². The lowest BCUT2D eigenvalue weighted by Gasteiger charge is -2.35. The molecule has 3 rings (SSSR count). The minimum atomic E-state index is -3.20. The SMILES string of the molecule is CC(C)(C)c1ccc(C(=O)N2CCN(S(=O)(=O)C3CCCC3)CC2)cc1. The van der Waals surface area contributed by atoms with Gasteiger partial charge in [0, 0.05) is 31.7 Å². The first-order chi connectivity index (χ1) is 12.2. The Morgan fingerprint density at radius 1 is 0.962 bits per heavy atom. The van der Waals surface area contributed by atoms with Gasteiger partial charge in [-0.3, -0.25) is 4.79 Å². The number of sulfonamides is 1. The van der Waals surface area contributed by atoms with Crippen LogP contribution in [0.2, 0.25) is 0 Å². The van der Waals surface area contributed by atoms with E-state index in [1.165, 1.54) is 5.56 Å². The summed E-state index contributed by atoms with van der Waals surface area (Å²) in [6.45, 7) is 8.18. The van der Waals surface area contributed by atoms with Crippen LogP contribution in [0.5, 0.6) is 0 Å². The van der Waals surface area contributed by atoms with Gasteiger partial charge in [-0.05, 0) is 36.0 Å². The zero-order chi connectivity index (χ0) is 18.9. The normalized spacial score (nSPS) is 20.5. The maximum atomic E-state index is 12.7. The van der Waals surface area contributed by atoms with Crippen molar-refractivity contribution in [2.45, 2.75) is 57.1 Å². The molecular formula is C20H30N2O3S. The Kier molecular flexibility index (Phi) is 5.45. The van der Waals surface area contributed by atoms with Crippen molar-refractivity contribution in [1.82, 2.24) is 9.21 Å². The Bertz CT molecular complexity index is 736. The average molecular weight is 379 g/mol. The number of nitrogens with zero attached hydrogens (tertiary/aromatic N) is 2. The van der Waals surface area contributed by atoms with Gasteiger partial charge in [0.2, 0.25) is 10.0 Å². The largest absolute Gasteiger partial charge is 0.336 e. The van der Waals surface area contributed by atoms with Crippen molar-refractivity contribution >= 4 is 15.9 Å². The van der Waals surface area contributed by atoms with Gasteiger partial charge >= 0.3 is 0 Å². The quantitative estimate of drug-likeness (QED) is 0.812. The summed E-state index contributed by atoms with van der Waals surface area (Å²) in [7, 11) is -3.20. The summed E-state index contributed by atoms with van der Waals surface area (Å²) in [4.78, 5) is 14.5. The maximum absolute atomic E-state index is 12.7. The summed E-state index contributed by atoms with van der Waals surface area (Å²) in [5.74, 6) is -0.0108. The molecule has 5 nitrogen and oxygen atoms in total. The van der Waals surface area contributed by atoms with E-state index < -0.39 is 10.0 Å². The summed E-state index contributed by atoms with van der Waals surface area (Å²) >= 11 is 0. The Morgan fingerprint density at radius 3 is 2.00 bits per heavy atom. The molecule has 1 aromatic carbocycles. The van der Waals surface area contributed by atoms with E-state index >= 15 is 0 Å². The van der Waals surface area contributed by atoms with Crippen LogP contribution in [-0.4, -0.2) is 55.0 Å². The highest BCUT2D eigenvalue weighted by Gasteiger charge is 2.36. The van der Waals surface area contributed by atoms with Crippen LogP contribution in [0.3, 0.4) is 0 Å². The molecule has 1 aromatic rings. The fourth-order valence-electron chi connectivity index (χ4n) is 3.84. The second-order valence-electron chi connectivity index (χ2n) is 8.47.